The van der Waals surface area contributed by atoms with Gasteiger partial charge < -0.3 is 18.4 Å². The Morgan fingerprint density at radius 2 is 1.35 bits per heavy atom. The number of esters is 1. The van der Waals surface area contributed by atoms with Crippen LogP contribution in [0.4, 0.5) is 15.3 Å². The molecule has 0 aliphatic carbocycles. The van der Waals surface area contributed by atoms with Crippen molar-refractivity contribution in [3.63, 3.8) is 0 Å². The number of methoxy groups -OCH3 is 1. The lowest BCUT2D eigenvalue weighted by Gasteiger charge is -2.29. The van der Waals surface area contributed by atoms with Crippen molar-refractivity contribution in [1.29, 1.82) is 0 Å². The fraction of sp³-hybridized carbons (Fsp3) is 0.400. The average molecular weight is 490 g/mol. The molecule has 2 aromatic rings. The van der Waals surface area contributed by atoms with Crippen LogP contribution in [0.5, 0.6) is 5.75 Å². The molecular formula is C25H31NO7S. The Hall–Kier alpha value is -3.20. The van der Waals surface area contributed by atoms with Gasteiger partial charge in [0.1, 0.15) is 16.8 Å². The van der Waals surface area contributed by atoms with Crippen LogP contribution in [0.3, 0.4) is 0 Å². The zero-order valence-corrected chi connectivity index (χ0v) is 21.6. The van der Waals surface area contributed by atoms with Crippen molar-refractivity contribution < 1.29 is 32.8 Å². The lowest BCUT2D eigenvalue weighted by Crippen LogP contribution is -2.44. The number of ether oxygens (including phenoxy) is 3. The van der Waals surface area contributed by atoms with Crippen LogP contribution in [0.25, 0.3) is 0 Å². The molecule has 0 aliphatic heterocycles. The van der Waals surface area contributed by atoms with Crippen LogP contribution in [-0.4, -0.2) is 36.5 Å². The van der Waals surface area contributed by atoms with E-state index in [4.69, 9.17) is 18.4 Å². The zero-order valence-electron chi connectivity index (χ0n) is 20.8. The Labute approximate surface area is 204 Å². The van der Waals surface area contributed by atoms with Gasteiger partial charge in [0.05, 0.1) is 24.8 Å². The second-order valence-corrected chi connectivity index (χ2v) is 10.2. The SMILES string of the molecule is COC(=O)c1c(OSc2ccc(C)cc2)cccc1N(C(=O)OC(C)(C)C)C(=O)OC(C)(C)C. The number of anilines is 1. The topological polar surface area (TPSA) is 91.4 Å². The van der Waals surface area contributed by atoms with Gasteiger partial charge in [-0.2, -0.15) is 4.90 Å². The molecule has 0 fully saturated rings. The highest BCUT2D eigenvalue weighted by atomic mass is 32.2. The minimum Gasteiger partial charge on any atom is -0.465 e. The maximum Gasteiger partial charge on any atom is 0.424 e. The van der Waals surface area contributed by atoms with Gasteiger partial charge in [0.25, 0.3) is 0 Å². The number of carbonyl (C=O) groups excluding carboxylic acids is 3. The number of imide groups is 1. The molecule has 2 amide bonds. The maximum atomic E-state index is 13.1. The third-order valence-electron chi connectivity index (χ3n) is 4.04. The smallest absolute Gasteiger partial charge is 0.424 e. The van der Waals surface area contributed by atoms with Crippen LogP contribution in [0.15, 0.2) is 47.4 Å². The molecule has 0 saturated heterocycles. The first-order chi connectivity index (χ1) is 15.7. The molecule has 0 atom stereocenters. The van der Waals surface area contributed by atoms with E-state index in [1.54, 1.807) is 53.7 Å². The summed E-state index contributed by atoms with van der Waals surface area (Å²) in [5.74, 6) is -0.695. The van der Waals surface area contributed by atoms with Gasteiger partial charge in [-0.1, -0.05) is 23.8 Å². The molecular weight excluding hydrogens is 458 g/mol. The van der Waals surface area contributed by atoms with E-state index in [1.807, 2.05) is 31.2 Å². The number of aryl methyl sites for hydroxylation is 1. The summed E-state index contributed by atoms with van der Waals surface area (Å²) in [5, 5.41) is 0. The van der Waals surface area contributed by atoms with E-state index in [9.17, 15) is 14.4 Å². The maximum absolute atomic E-state index is 13.1. The number of hydrogen-bond acceptors (Lipinski definition) is 8. The Bertz CT molecular complexity index is 1010. The van der Waals surface area contributed by atoms with Crippen LogP contribution >= 0.6 is 12.0 Å². The highest BCUT2D eigenvalue weighted by molar-refractivity contribution is 7.95. The van der Waals surface area contributed by atoms with Crippen LogP contribution in [0.2, 0.25) is 0 Å². The van der Waals surface area contributed by atoms with Crippen molar-refractivity contribution in [2.45, 2.75) is 64.6 Å². The van der Waals surface area contributed by atoms with Gasteiger partial charge in [0.15, 0.2) is 5.75 Å². The van der Waals surface area contributed by atoms with Crippen molar-refractivity contribution in [2.24, 2.45) is 0 Å². The molecule has 0 saturated carbocycles. The van der Waals surface area contributed by atoms with Crippen molar-refractivity contribution in [3.05, 3.63) is 53.6 Å². The average Bonchev–Trinajstić information content (AvgIpc) is 2.70. The van der Waals surface area contributed by atoms with E-state index >= 15 is 0 Å². The summed E-state index contributed by atoms with van der Waals surface area (Å²) in [5.41, 5.74) is -0.929. The number of amides is 2. The molecule has 0 aromatic heterocycles. The summed E-state index contributed by atoms with van der Waals surface area (Å²) >= 11 is 1.02. The monoisotopic (exact) mass is 489 g/mol. The molecule has 34 heavy (non-hydrogen) atoms. The lowest BCUT2D eigenvalue weighted by atomic mass is 10.1. The molecule has 0 aliphatic rings. The first-order valence-corrected chi connectivity index (χ1v) is 11.3. The third-order valence-corrected chi connectivity index (χ3v) is 4.76. The van der Waals surface area contributed by atoms with Crippen LogP contribution in [0.1, 0.15) is 57.5 Å². The summed E-state index contributed by atoms with van der Waals surface area (Å²) < 4.78 is 21.6. The van der Waals surface area contributed by atoms with Gasteiger partial charge in [-0.15, -0.1) is 0 Å². The summed E-state index contributed by atoms with van der Waals surface area (Å²) in [7, 11) is 1.20. The number of hydrogen-bond donors (Lipinski definition) is 0. The molecule has 0 heterocycles. The van der Waals surface area contributed by atoms with Gasteiger partial charge in [0.2, 0.25) is 0 Å². The standard InChI is InChI=1S/C25H31NO7S/c1-16-12-14-17(15-13-16)34-33-19-11-9-10-18(20(19)21(27)30-8)26(22(28)31-24(2,3)4)23(29)32-25(5,6)7/h9-15H,1-8H3. The number of carbonyl (C=O) groups is 3. The Morgan fingerprint density at radius 1 is 0.824 bits per heavy atom. The first kappa shape index (κ1) is 27.0. The highest BCUT2D eigenvalue weighted by Crippen LogP contribution is 2.35. The van der Waals surface area contributed by atoms with E-state index in [2.05, 4.69) is 0 Å². The fourth-order valence-corrected chi connectivity index (χ4v) is 3.23. The van der Waals surface area contributed by atoms with E-state index in [0.717, 1.165) is 22.5 Å². The predicted molar refractivity (Wildman–Crippen MR) is 130 cm³/mol. The molecule has 0 N–H and O–H groups in total. The van der Waals surface area contributed by atoms with E-state index in [1.165, 1.54) is 13.2 Å². The number of nitrogens with zero attached hydrogens (tertiary/aromatic N) is 1. The minimum atomic E-state index is -1.00. The van der Waals surface area contributed by atoms with Crippen LogP contribution in [0, 0.1) is 6.92 Å². The Morgan fingerprint density at radius 3 is 1.82 bits per heavy atom. The first-order valence-electron chi connectivity index (χ1n) is 10.6. The highest BCUT2D eigenvalue weighted by Gasteiger charge is 2.36. The molecule has 0 bridgehead atoms. The van der Waals surface area contributed by atoms with Gasteiger partial charge in [-0.3, -0.25) is 0 Å². The summed E-state index contributed by atoms with van der Waals surface area (Å²) in [6.07, 6.45) is -2.01. The normalized spacial score (nSPS) is 11.4. The van der Waals surface area contributed by atoms with Crippen molar-refractivity contribution in [1.82, 2.24) is 0 Å². The second kappa shape index (κ2) is 10.8. The molecule has 0 spiro atoms. The van der Waals surface area contributed by atoms with Crippen molar-refractivity contribution in [3.8, 4) is 5.75 Å². The third kappa shape index (κ3) is 7.69. The Kier molecular flexibility index (Phi) is 8.61. The molecule has 0 radical (unpaired) electrons. The summed E-state index contributed by atoms with van der Waals surface area (Å²) in [6, 6.07) is 12.1. The second-order valence-electron chi connectivity index (χ2n) is 9.42. The quantitative estimate of drug-likeness (QED) is 0.265. The number of benzene rings is 2. The van der Waals surface area contributed by atoms with E-state index in [0.29, 0.717) is 4.90 Å². The van der Waals surface area contributed by atoms with Gasteiger partial charge in [0, 0.05) is 4.90 Å². The van der Waals surface area contributed by atoms with Crippen molar-refractivity contribution >= 4 is 35.9 Å². The minimum absolute atomic E-state index is 0.0858. The Balaban J connectivity index is 2.55. The van der Waals surface area contributed by atoms with Crippen molar-refractivity contribution in [2.75, 3.05) is 12.0 Å². The fourth-order valence-electron chi connectivity index (χ4n) is 2.66. The van der Waals surface area contributed by atoms with Crippen LogP contribution in [-0.2, 0) is 14.2 Å². The zero-order chi connectivity index (χ0) is 25.7. The summed E-state index contributed by atoms with van der Waals surface area (Å²) in [6.45, 7) is 12.0. The summed E-state index contributed by atoms with van der Waals surface area (Å²) in [4.78, 5) is 40.4. The van der Waals surface area contributed by atoms with Crippen LogP contribution < -0.4 is 9.08 Å². The molecule has 2 rings (SSSR count). The number of rotatable bonds is 5. The van der Waals surface area contributed by atoms with Gasteiger partial charge in [-0.05, 0) is 72.7 Å². The largest absolute Gasteiger partial charge is 0.465 e. The molecule has 8 nitrogen and oxygen atoms in total. The molecule has 2 aromatic carbocycles. The predicted octanol–water partition coefficient (Wildman–Crippen LogP) is 6.54. The lowest BCUT2D eigenvalue weighted by molar-refractivity contribution is 0.0430. The van der Waals surface area contributed by atoms with Gasteiger partial charge >= 0.3 is 18.2 Å². The van der Waals surface area contributed by atoms with E-state index < -0.39 is 29.4 Å². The molecule has 9 heteroatoms. The molecule has 184 valence electrons. The molecule has 0 unspecified atom stereocenters. The van der Waals surface area contributed by atoms with Gasteiger partial charge in [-0.25, -0.2) is 14.4 Å². The van der Waals surface area contributed by atoms with E-state index in [-0.39, 0.29) is 17.0 Å².